The Morgan fingerprint density at radius 1 is 1.17 bits per heavy atom. The molecule has 2 heterocycles. The molecule has 2 aromatic rings. The van der Waals surface area contributed by atoms with Gasteiger partial charge in [-0.1, -0.05) is 0 Å². The molecular weight excluding hydrogens is 150 g/mol. The van der Waals surface area contributed by atoms with Crippen LogP contribution >= 0.6 is 0 Å². The quantitative estimate of drug-likeness (QED) is 0.625. The summed E-state index contributed by atoms with van der Waals surface area (Å²) in [6, 6.07) is 5.65. The van der Waals surface area contributed by atoms with Gasteiger partial charge in [0, 0.05) is 24.2 Å². The first kappa shape index (κ1) is 6.91. The molecule has 1 radical (unpaired) electrons. The van der Waals surface area contributed by atoms with Crippen LogP contribution in [0.2, 0.25) is 0 Å². The van der Waals surface area contributed by atoms with Gasteiger partial charge in [0.25, 0.3) is 0 Å². The van der Waals surface area contributed by atoms with Crippen LogP contribution in [0.4, 0.5) is 0 Å². The molecule has 2 aromatic heterocycles. The first-order valence-electron chi connectivity index (χ1n) is 3.56. The highest BCUT2D eigenvalue weighted by atomic mass is 14.8. The molecule has 3 heteroatoms. The highest BCUT2D eigenvalue weighted by molar-refractivity contribution is 5.56. The lowest BCUT2D eigenvalue weighted by Gasteiger charge is -1.95. The van der Waals surface area contributed by atoms with Crippen molar-refractivity contribution in [3.63, 3.8) is 0 Å². The number of aromatic nitrogens is 3. The second-order valence-electron chi connectivity index (χ2n) is 2.28. The Labute approximate surface area is 70.1 Å². The van der Waals surface area contributed by atoms with Gasteiger partial charge in [0.15, 0.2) is 6.33 Å². The zero-order valence-electron chi connectivity index (χ0n) is 6.31. The third kappa shape index (κ3) is 1.29. The Hall–Kier alpha value is -1.77. The van der Waals surface area contributed by atoms with E-state index in [2.05, 4.69) is 21.3 Å². The molecule has 0 atom stereocenters. The lowest BCUT2D eigenvalue weighted by Crippen LogP contribution is -1.84. The van der Waals surface area contributed by atoms with Gasteiger partial charge in [-0.15, -0.1) is 0 Å². The summed E-state index contributed by atoms with van der Waals surface area (Å²) < 4.78 is 0. The van der Waals surface area contributed by atoms with Gasteiger partial charge >= 0.3 is 0 Å². The van der Waals surface area contributed by atoms with Crippen molar-refractivity contribution in [1.29, 1.82) is 0 Å². The van der Waals surface area contributed by atoms with Crippen molar-refractivity contribution < 1.29 is 0 Å². The third-order valence-electron chi connectivity index (χ3n) is 1.49. The summed E-state index contributed by atoms with van der Waals surface area (Å²) in [6.45, 7) is 0. The molecule has 2 rings (SSSR count). The molecule has 0 amide bonds. The SMILES string of the molecule is [c]1nccc(-c2cccnc2)n1. The number of nitrogens with zero attached hydrogens (tertiary/aromatic N) is 3. The normalized spacial score (nSPS) is 9.67. The fourth-order valence-electron chi connectivity index (χ4n) is 0.936. The van der Waals surface area contributed by atoms with Gasteiger partial charge < -0.3 is 0 Å². The first-order chi connectivity index (χ1) is 5.97. The second-order valence-corrected chi connectivity index (χ2v) is 2.28. The summed E-state index contributed by atoms with van der Waals surface area (Å²) in [4.78, 5) is 11.7. The van der Waals surface area contributed by atoms with Crippen LogP contribution in [-0.2, 0) is 0 Å². The molecule has 0 aromatic carbocycles. The van der Waals surface area contributed by atoms with Gasteiger partial charge in [0.2, 0.25) is 0 Å². The maximum Gasteiger partial charge on any atom is 0.198 e. The van der Waals surface area contributed by atoms with E-state index in [1.165, 1.54) is 0 Å². The summed E-state index contributed by atoms with van der Waals surface area (Å²) >= 11 is 0. The molecule has 0 aliphatic rings. The van der Waals surface area contributed by atoms with Crippen molar-refractivity contribution in [3.05, 3.63) is 43.1 Å². The summed E-state index contributed by atoms with van der Waals surface area (Å²) in [5.74, 6) is 0. The first-order valence-corrected chi connectivity index (χ1v) is 3.56. The van der Waals surface area contributed by atoms with Crippen LogP contribution in [0.15, 0.2) is 36.8 Å². The Morgan fingerprint density at radius 3 is 2.83 bits per heavy atom. The van der Waals surface area contributed by atoms with Gasteiger partial charge in [-0.2, -0.15) is 0 Å². The Balaban J connectivity index is 2.46. The largest absolute Gasteiger partial charge is 0.264 e. The minimum Gasteiger partial charge on any atom is -0.264 e. The lowest BCUT2D eigenvalue weighted by molar-refractivity contribution is 1.15. The van der Waals surface area contributed by atoms with Crippen molar-refractivity contribution >= 4 is 0 Å². The van der Waals surface area contributed by atoms with Gasteiger partial charge in [-0.05, 0) is 18.2 Å². The predicted octanol–water partition coefficient (Wildman–Crippen LogP) is 1.34. The van der Waals surface area contributed by atoms with E-state index in [0.29, 0.717) is 0 Å². The Kier molecular flexibility index (Phi) is 1.78. The second kappa shape index (κ2) is 3.09. The van der Waals surface area contributed by atoms with E-state index in [-0.39, 0.29) is 0 Å². The minimum absolute atomic E-state index is 0.845. The topological polar surface area (TPSA) is 38.7 Å². The molecule has 0 spiro atoms. The van der Waals surface area contributed by atoms with E-state index in [4.69, 9.17) is 0 Å². The predicted molar refractivity (Wildman–Crippen MR) is 44.1 cm³/mol. The molecule has 0 aliphatic heterocycles. The molecule has 0 saturated carbocycles. The van der Waals surface area contributed by atoms with E-state index in [9.17, 15) is 0 Å². The molecular formula is C9H6N3. The summed E-state index contributed by atoms with van der Waals surface area (Å²) in [7, 11) is 0. The molecule has 0 unspecified atom stereocenters. The van der Waals surface area contributed by atoms with E-state index in [1.807, 2.05) is 18.2 Å². The fraction of sp³-hybridized carbons (Fsp3) is 0. The van der Waals surface area contributed by atoms with Crippen molar-refractivity contribution in [2.45, 2.75) is 0 Å². The monoisotopic (exact) mass is 156 g/mol. The summed E-state index contributed by atoms with van der Waals surface area (Å²) in [5, 5.41) is 0. The summed E-state index contributed by atoms with van der Waals surface area (Å²) in [6.07, 6.45) is 7.68. The van der Waals surface area contributed by atoms with E-state index in [0.717, 1.165) is 11.3 Å². The van der Waals surface area contributed by atoms with Gasteiger partial charge in [0.1, 0.15) is 0 Å². The molecule has 0 fully saturated rings. The van der Waals surface area contributed by atoms with E-state index >= 15 is 0 Å². The molecule has 0 bridgehead atoms. The van der Waals surface area contributed by atoms with Crippen LogP contribution in [0, 0.1) is 6.33 Å². The molecule has 0 saturated heterocycles. The number of hydrogen-bond acceptors (Lipinski definition) is 3. The van der Waals surface area contributed by atoms with E-state index < -0.39 is 0 Å². The maximum absolute atomic E-state index is 3.99. The number of rotatable bonds is 1. The molecule has 57 valence electrons. The zero-order valence-corrected chi connectivity index (χ0v) is 6.31. The zero-order chi connectivity index (χ0) is 8.23. The van der Waals surface area contributed by atoms with Crippen LogP contribution in [0.5, 0.6) is 0 Å². The smallest absolute Gasteiger partial charge is 0.198 e. The van der Waals surface area contributed by atoms with Crippen LogP contribution in [0.25, 0.3) is 11.3 Å². The van der Waals surface area contributed by atoms with Crippen molar-refractivity contribution in [2.24, 2.45) is 0 Å². The van der Waals surface area contributed by atoms with Crippen LogP contribution in [0.1, 0.15) is 0 Å². The Bertz CT molecular complexity index is 307. The van der Waals surface area contributed by atoms with Gasteiger partial charge in [-0.25, -0.2) is 9.97 Å². The molecule has 0 aliphatic carbocycles. The highest BCUT2D eigenvalue weighted by Crippen LogP contribution is 2.12. The van der Waals surface area contributed by atoms with Crippen molar-refractivity contribution in [3.8, 4) is 11.3 Å². The maximum atomic E-state index is 3.99. The molecule has 3 nitrogen and oxygen atoms in total. The van der Waals surface area contributed by atoms with Crippen LogP contribution < -0.4 is 0 Å². The lowest BCUT2D eigenvalue weighted by atomic mass is 10.2. The van der Waals surface area contributed by atoms with E-state index in [1.54, 1.807) is 18.6 Å². The number of pyridine rings is 1. The van der Waals surface area contributed by atoms with Crippen LogP contribution in [0.3, 0.4) is 0 Å². The van der Waals surface area contributed by atoms with Crippen molar-refractivity contribution in [1.82, 2.24) is 15.0 Å². The molecule has 12 heavy (non-hydrogen) atoms. The summed E-state index contributed by atoms with van der Waals surface area (Å²) in [5.41, 5.74) is 1.83. The minimum atomic E-state index is 0.845. The third-order valence-corrected chi connectivity index (χ3v) is 1.49. The highest BCUT2D eigenvalue weighted by Gasteiger charge is 1.95. The number of hydrogen-bond donors (Lipinski definition) is 0. The van der Waals surface area contributed by atoms with Crippen molar-refractivity contribution in [2.75, 3.05) is 0 Å². The molecule has 0 N–H and O–H groups in total. The van der Waals surface area contributed by atoms with Crippen LogP contribution in [-0.4, -0.2) is 15.0 Å². The average molecular weight is 156 g/mol. The standard InChI is InChI=1S/C9H6N3/c1-2-8(6-10-4-1)9-3-5-11-7-12-9/h1-6H. The Morgan fingerprint density at radius 2 is 2.17 bits per heavy atom. The average Bonchev–Trinajstić information content (AvgIpc) is 2.21. The van der Waals surface area contributed by atoms with Gasteiger partial charge in [-0.3, -0.25) is 4.98 Å². The fourth-order valence-corrected chi connectivity index (χ4v) is 0.936. The van der Waals surface area contributed by atoms with Gasteiger partial charge in [0.05, 0.1) is 5.69 Å².